The lowest BCUT2D eigenvalue weighted by Gasteiger charge is -2.10. The summed E-state index contributed by atoms with van der Waals surface area (Å²) >= 11 is 1.53. The SMILES string of the molecule is Cc1ccnc(Nc2cc(NCCNC(=O)c3cc(-c4cccs4)on3)nc(C)n2)c1. The summed E-state index contributed by atoms with van der Waals surface area (Å²) in [6.45, 7) is 4.70. The summed E-state index contributed by atoms with van der Waals surface area (Å²) < 4.78 is 5.24. The van der Waals surface area contributed by atoms with Gasteiger partial charge in [-0.25, -0.2) is 15.0 Å². The average Bonchev–Trinajstić information content (AvgIpc) is 3.42. The van der Waals surface area contributed by atoms with Crippen LogP contribution in [0.2, 0.25) is 0 Å². The molecule has 0 bridgehead atoms. The molecule has 4 aromatic rings. The molecule has 10 heteroatoms. The molecule has 1 amide bonds. The van der Waals surface area contributed by atoms with Crippen molar-refractivity contribution in [3.63, 3.8) is 0 Å². The fourth-order valence-electron chi connectivity index (χ4n) is 2.83. The molecule has 9 nitrogen and oxygen atoms in total. The van der Waals surface area contributed by atoms with E-state index in [1.807, 2.05) is 43.5 Å². The van der Waals surface area contributed by atoms with Gasteiger partial charge in [-0.15, -0.1) is 11.3 Å². The Bertz CT molecular complexity index is 1170. The van der Waals surface area contributed by atoms with Crippen LogP contribution < -0.4 is 16.0 Å². The van der Waals surface area contributed by atoms with Crippen molar-refractivity contribution in [2.75, 3.05) is 23.7 Å². The zero-order valence-corrected chi connectivity index (χ0v) is 17.9. The van der Waals surface area contributed by atoms with Gasteiger partial charge in [0.1, 0.15) is 23.3 Å². The molecule has 0 aliphatic carbocycles. The first kappa shape index (κ1) is 20.5. The van der Waals surface area contributed by atoms with Crippen molar-refractivity contribution < 1.29 is 9.32 Å². The topological polar surface area (TPSA) is 118 Å². The molecule has 0 aromatic carbocycles. The van der Waals surface area contributed by atoms with Crippen LogP contribution in [0.15, 0.2) is 52.5 Å². The van der Waals surface area contributed by atoms with Gasteiger partial charge < -0.3 is 20.5 Å². The van der Waals surface area contributed by atoms with E-state index in [1.165, 1.54) is 11.3 Å². The Balaban J connectivity index is 1.29. The number of hydrogen-bond acceptors (Lipinski definition) is 9. The number of nitrogens with zero attached hydrogens (tertiary/aromatic N) is 4. The summed E-state index contributed by atoms with van der Waals surface area (Å²) in [5.74, 6) is 2.91. The van der Waals surface area contributed by atoms with E-state index in [2.05, 4.69) is 36.1 Å². The fourth-order valence-corrected chi connectivity index (χ4v) is 3.51. The monoisotopic (exact) mass is 435 g/mol. The van der Waals surface area contributed by atoms with Crippen LogP contribution in [-0.4, -0.2) is 39.1 Å². The molecular weight excluding hydrogens is 414 g/mol. The van der Waals surface area contributed by atoms with Crippen LogP contribution in [0.3, 0.4) is 0 Å². The molecule has 4 aromatic heterocycles. The molecule has 158 valence electrons. The molecule has 0 atom stereocenters. The number of carbonyl (C=O) groups excluding carboxylic acids is 1. The Morgan fingerprint density at radius 3 is 2.74 bits per heavy atom. The Labute approximate surface area is 183 Å². The van der Waals surface area contributed by atoms with Crippen molar-refractivity contribution in [3.05, 3.63) is 65.1 Å². The minimum atomic E-state index is -0.292. The highest BCUT2D eigenvalue weighted by Crippen LogP contribution is 2.25. The summed E-state index contributed by atoms with van der Waals surface area (Å²) in [6.07, 6.45) is 1.74. The number of carbonyl (C=O) groups is 1. The maximum absolute atomic E-state index is 12.3. The lowest BCUT2D eigenvalue weighted by Crippen LogP contribution is -2.29. The van der Waals surface area contributed by atoms with Crippen LogP contribution >= 0.6 is 11.3 Å². The lowest BCUT2D eigenvalue weighted by molar-refractivity contribution is 0.0946. The Hall–Kier alpha value is -3.79. The molecule has 0 aliphatic heterocycles. The first-order valence-corrected chi connectivity index (χ1v) is 10.5. The standard InChI is InChI=1S/C21H21N7O2S/c1-13-5-6-22-18(10-13)27-20-12-19(25-14(2)26-20)23-7-8-24-21(29)15-11-16(30-28-15)17-4-3-9-31-17/h3-6,9-12H,7-8H2,1-2H3,(H,24,29)(H2,22,23,25,26,27). The second kappa shape index (κ2) is 9.35. The quantitative estimate of drug-likeness (QED) is 0.358. The molecule has 3 N–H and O–H groups in total. The molecule has 0 radical (unpaired) electrons. The summed E-state index contributed by atoms with van der Waals surface area (Å²) in [5, 5.41) is 15.0. The number of pyridine rings is 1. The minimum Gasteiger partial charge on any atom is -0.368 e. The van der Waals surface area contributed by atoms with Crippen LogP contribution in [-0.2, 0) is 0 Å². The Morgan fingerprint density at radius 2 is 1.94 bits per heavy atom. The zero-order chi connectivity index (χ0) is 21.6. The van der Waals surface area contributed by atoms with Crippen LogP contribution in [0.4, 0.5) is 17.5 Å². The predicted molar refractivity (Wildman–Crippen MR) is 120 cm³/mol. The number of amides is 1. The maximum atomic E-state index is 12.3. The van der Waals surface area contributed by atoms with E-state index in [4.69, 9.17) is 4.52 Å². The van der Waals surface area contributed by atoms with Crippen LogP contribution in [0.5, 0.6) is 0 Å². The third kappa shape index (κ3) is 5.43. The third-order valence-corrected chi connectivity index (χ3v) is 5.12. The molecule has 0 saturated carbocycles. The van der Waals surface area contributed by atoms with E-state index in [-0.39, 0.29) is 11.6 Å². The highest BCUT2D eigenvalue weighted by molar-refractivity contribution is 7.13. The third-order valence-electron chi connectivity index (χ3n) is 4.23. The first-order chi connectivity index (χ1) is 15.1. The Morgan fingerprint density at radius 1 is 1.06 bits per heavy atom. The van der Waals surface area contributed by atoms with Gasteiger partial charge in [0, 0.05) is 31.4 Å². The second-order valence-electron chi connectivity index (χ2n) is 6.77. The molecular formula is C21H21N7O2S. The molecule has 0 spiro atoms. The van der Waals surface area contributed by atoms with Gasteiger partial charge in [-0.05, 0) is 43.0 Å². The summed E-state index contributed by atoms with van der Waals surface area (Å²) in [5.41, 5.74) is 1.35. The van der Waals surface area contributed by atoms with Gasteiger partial charge in [0.25, 0.3) is 5.91 Å². The van der Waals surface area contributed by atoms with Gasteiger partial charge in [-0.2, -0.15) is 0 Å². The largest absolute Gasteiger partial charge is 0.368 e. The van der Waals surface area contributed by atoms with Gasteiger partial charge in [0.2, 0.25) is 0 Å². The van der Waals surface area contributed by atoms with Crippen LogP contribution in [0.1, 0.15) is 21.9 Å². The van der Waals surface area contributed by atoms with Crippen LogP contribution in [0.25, 0.3) is 10.6 Å². The minimum absolute atomic E-state index is 0.249. The van der Waals surface area contributed by atoms with Crippen molar-refractivity contribution in [2.45, 2.75) is 13.8 Å². The molecule has 0 saturated heterocycles. The summed E-state index contributed by atoms with van der Waals surface area (Å²) in [4.78, 5) is 26.3. The van der Waals surface area contributed by atoms with Gasteiger partial charge >= 0.3 is 0 Å². The van der Waals surface area contributed by atoms with Gasteiger partial charge in [0.05, 0.1) is 4.88 Å². The van der Waals surface area contributed by atoms with E-state index in [0.717, 1.165) is 10.4 Å². The van der Waals surface area contributed by atoms with Gasteiger partial charge in [-0.3, -0.25) is 4.79 Å². The molecule has 4 rings (SSSR count). The van der Waals surface area contributed by atoms with Crippen molar-refractivity contribution in [1.29, 1.82) is 0 Å². The average molecular weight is 436 g/mol. The number of nitrogens with one attached hydrogen (secondary N) is 3. The van der Waals surface area contributed by atoms with Crippen molar-refractivity contribution in [2.24, 2.45) is 0 Å². The van der Waals surface area contributed by atoms with Crippen molar-refractivity contribution in [1.82, 2.24) is 25.4 Å². The van der Waals surface area contributed by atoms with Crippen LogP contribution in [0, 0.1) is 13.8 Å². The van der Waals surface area contributed by atoms with E-state index in [0.29, 0.717) is 42.1 Å². The van der Waals surface area contributed by atoms with Crippen molar-refractivity contribution >= 4 is 34.7 Å². The maximum Gasteiger partial charge on any atom is 0.273 e. The summed E-state index contributed by atoms with van der Waals surface area (Å²) in [6, 6.07) is 11.1. The highest BCUT2D eigenvalue weighted by Gasteiger charge is 2.13. The van der Waals surface area contributed by atoms with Gasteiger partial charge in [-0.1, -0.05) is 11.2 Å². The molecule has 0 aliphatic rings. The van der Waals surface area contributed by atoms with E-state index in [9.17, 15) is 4.79 Å². The highest BCUT2D eigenvalue weighted by atomic mass is 32.1. The zero-order valence-electron chi connectivity index (χ0n) is 17.0. The Kier molecular flexibility index (Phi) is 6.18. The molecule has 0 unspecified atom stereocenters. The van der Waals surface area contributed by atoms with E-state index in [1.54, 1.807) is 18.3 Å². The van der Waals surface area contributed by atoms with Crippen molar-refractivity contribution in [3.8, 4) is 10.6 Å². The number of rotatable bonds is 8. The fraction of sp³-hybridized carbons (Fsp3) is 0.190. The van der Waals surface area contributed by atoms with Gasteiger partial charge in [0.15, 0.2) is 11.5 Å². The normalized spacial score (nSPS) is 10.6. The van der Waals surface area contributed by atoms with E-state index < -0.39 is 0 Å². The number of aromatic nitrogens is 4. The summed E-state index contributed by atoms with van der Waals surface area (Å²) in [7, 11) is 0. The number of aryl methyl sites for hydroxylation is 2. The van der Waals surface area contributed by atoms with E-state index >= 15 is 0 Å². The number of thiophene rings is 1. The number of hydrogen-bond donors (Lipinski definition) is 3. The second-order valence-corrected chi connectivity index (χ2v) is 7.71. The molecule has 4 heterocycles. The smallest absolute Gasteiger partial charge is 0.273 e. The lowest BCUT2D eigenvalue weighted by atomic mass is 10.3. The molecule has 31 heavy (non-hydrogen) atoms. The first-order valence-electron chi connectivity index (χ1n) is 9.65. The predicted octanol–water partition coefficient (Wildman–Crippen LogP) is 3.79. The molecule has 0 fully saturated rings. The number of anilines is 3.